The Labute approximate surface area is 57.0 Å². The van der Waals surface area contributed by atoms with Crippen molar-refractivity contribution in [3.63, 3.8) is 0 Å². The van der Waals surface area contributed by atoms with E-state index in [1.54, 1.807) is 0 Å². The van der Waals surface area contributed by atoms with E-state index >= 15 is 0 Å². The van der Waals surface area contributed by atoms with E-state index in [1.165, 1.54) is 32.5 Å². The Morgan fingerprint density at radius 3 is 2.11 bits per heavy atom. The SMILES string of the molecule is CC1CN2CCC1CC2. The van der Waals surface area contributed by atoms with Gasteiger partial charge in [0.2, 0.25) is 0 Å². The van der Waals surface area contributed by atoms with Crippen LogP contribution < -0.4 is 0 Å². The molecule has 0 aromatic heterocycles. The van der Waals surface area contributed by atoms with Crippen LogP contribution in [-0.4, -0.2) is 24.5 Å². The molecule has 3 fully saturated rings. The molecule has 0 aromatic rings. The molecule has 0 saturated carbocycles. The lowest BCUT2D eigenvalue weighted by Gasteiger charge is -2.43. The van der Waals surface area contributed by atoms with E-state index in [9.17, 15) is 0 Å². The van der Waals surface area contributed by atoms with Crippen molar-refractivity contribution < 1.29 is 0 Å². The fourth-order valence-electron chi connectivity index (χ4n) is 2.26. The molecule has 1 heteroatoms. The van der Waals surface area contributed by atoms with Gasteiger partial charge in [-0.3, -0.25) is 0 Å². The highest BCUT2D eigenvalue weighted by Crippen LogP contribution is 2.31. The van der Waals surface area contributed by atoms with Gasteiger partial charge in [0.25, 0.3) is 0 Å². The van der Waals surface area contributed by atoms with Crippen LogP contribution in [0.3, 0.4) is 0 Å². The minimum atomic E-state index is 0.993. The molecule has 3 rings (SSSR count). The second-order valence-corrected chi connectivity index (χ2v) is 3.62. The molecule has 3 aliphatic rings. The Morgan fingerprint density at radius 1 is 1.22 bits per heavy atom. The highest BCUT2D eigenvalue weighted by atomic mass is 15.1. The maximum absolute atomic E-state index is 2.60. The van der Waals surface area contributed by atoms with Crippen LogP contribution in [0.15, 0.2) is 0 Å². The second-order valence-electron chi connectivity index (χ2n) is 3.62. The van der Waals surface area contributed by atoms with Crippen molar-refractivity contribution in [1.82, 2.24) is 4.90 Å². The molecule has 3 heterocycles. The van der Waals surface area contributed by atoms with Crippen LogP contribution in [0.1, 0.15) is 19.8 Å². The number of nitrogens with zero attached hydrogens (tertiary/aromatic N) is 1. The van der Waals surface area contributed by atoms with Gasteiger partial charge in [0.1, 0.15) is 0 Å². The summed E-state index contributed by atoms with van der Waals surface area (Å²) >= 11 is 0. The van der Waals surface area contributed by atoms with Crippen LogP contribution >= 0.6 is 0 Å². The quantitative estimate of drug-likeness (QED) is 0.472. The van der Waals surface area contributed by atoms with Gasteiger partial charge >= 0.3 is 0 Å². The molecule has 0 aliphatic carbocycles. The van der Waals surface area contributed by atoms with E-state index in [4.69, 9.17) is 0 Å². The van der Waals surface area contributed by atoms with Crippen LogP contribution in [0.25, 0.3) is 0 Å². The molecule has 1 unspecified atom stereocenters. The largest absolute Gasteiger partial charge is 0.303 e. The topological polar surface area (TPSA) is 3.24 Å². The van der Waals surface area contributed by atoms with Crippen LogP contribution in [0.5, 0.6) is 0 Å². The molecule has 0 N–H and O–H groups in total. The smallest absolute Gasteiger partial charge is 0.000968 e. The molecule has 0 amide bonds. The molecule has 0 radical (unpaired) electrons. The lowest BCUT2D eigenvalue weighted by Crippen LogP contribution is -2.46. The Morgan fingerprint density at radius 2 is 1.89 bits per heavy atom. The summed E-state index contributed by atoms with van der Waals surface area (Å²) in [6.45, 7) is 6.55. The Hall–Kier alpha value is -0.0400. The Kier molecular flexibility index (Phi) is 1.26. The first-order chi connectivity index (χ1) is 4.36. The standard InChI is InChI=1S/C8H15N/c1-7-6-9-4-2-8(7)3-5-9/h7-8H,2-6H2,1H3. The molecular weight excluding hydrogens is 110 g/mol. The molecule has 1 atom stereocenters. The lowest BCUT2D eigenvalue weighted by molar-refractivity contribution is 0.0603. The average Bonchev–Trinajstić information content (AvgIpc) is 1.90. The third-order valence-electron chi connectivity index (χ3n) is 2.98. The number of hydrogen-bond donors (Lipinski definition) is 0. The van der Waals surface area contributed by atoms with E-state index in [1.807, 2.05) is 0 Å². The molecular formula is C8H15N. The van der Waals surface area contributed by atoms with Gasteiger partial charge in [0, 0.05) is 6.54 Å². The zero-order valence-corrected chi connectivity index (χ0v) is 6.14. The molecule has 0 spiro atoms. The summed E-state index contributed by atoms with van der Waals surface area (Å²) in [6, 6.07) is 0. The van der Waals surface area contributed by atoms with Gasteiger partial charge in [-0.15, -0.1) is 0 Å². The van der Waals surface area contributed by atoms with Crippen molar-refractivity contribution in [2.45, 2.75) is 19.8 Å². The van der Waals surface area contributed by atoms with E-state index in [-0.39, 0.29) is 0 Å². The van der Waals surface area contributed by atoms with Crippen molar-refractivity contribution in [1.29, 1.82) is 0 Å². The van der Waals surface area contributed by atoms with Gasteiger partial charge in [0.05, 0.1) is 0 Å². The van der Waals surface area contributed by atoms with Crippen molar-refractivity contribution >= 4 is 0 Å². The maximum atomic E-state index is 2.60. The lowest BCUT2D eigenvalue weighted by atomic mass is 9.80. The highest BCUT2D eigenvalue weighted by molar-refractivity contribution is 4.83. The number of rotatable bonds is 0. The van der Waals surface area contributed by atoms with Crippen LogP contribution in [0.4, 0.5) is 0 Å². The Bertz CT molecular complexity index is 103. The van der Waals surface area contributed by atoms with Gasteiger partial charge < -0.3 is 4.90 Å². The number of hydrogen-bond acceptors (Lipinski definition) is 1. The summed E-state index contributed by atoms with van der Waals surface area (Å²) in [5, 5.41) is 0. The van der Waals surface area contributed by atoms with Gasteiger partial charge in [-0.2, -0.15) is 0 Å². The summed E-state index contributed by atoms with van der Waals surface area (Å²) in [7, 11) is 0. The average molecular weight is 125 g/mol. The summed E-state index contributed by atoms with van der Waals surface area (Å²) in [6.07, 6.45) is 2.95. The van der Waals surface area contributed by atoms with Crippen LogP contribution in [-0.2, 0) is 0 Å². The molecule has 0 aromatic carbocycles. The molecule has 3 saturated heterocycles. The third-order valence-corrected chi connectivity index (χ3v) is 2.98. The van der Waals surface area contributed by atoms with Gasteiger partial charge in [-0.1, -0.05) is 6.92 Å². The van der Waals surface area contributed by atoms with E-state index in [0.29, 0.717) is 0 Å². The predicted molar refractivity (Wildman–Crippen MR) is 38.3 cm³/mol. The fraction of sp³-hybridized carbons (Fsp3) is 1.00. The number of fused-ring (bicyclic) bond motifs is 3. The van der Waals surface area contributed by atoms with E-state index in [2.05, 4.69) is 11.8 Å². The van der Waals surface area contributed by atoms with Crippen LogP contribution in [0, 0.1) is 11.8 Å². The second kappa shape index (κ2) is 1.98. The molecule has 52 valence electrons. The molecule has 1 nitrogen and oxygen atoms in total. The summed E-state index contributed by atoms with van der Waals surface area (Å²) in [4.78, 5) is 2.60. The maximum Gasteiger partial charge on any atom is 0.000968 e. The normalized spacial score (nSPS) is 49.7. The van der Waals surface area contributed by atoms with Crippen molar-refractivity contribution in [2.75, 3.05) is 19.6 Å². The summed E-state index contributed by atoms with van der Waals surface area (Å²) in [5.41, 5.74) is 0. The van der Waals surface area contributed by atoms with Crippen molar-refractivity contribution in [3.05, 3.63) is 0 Å². The number of piperidine rings is 3. The molecule has 9 heavy (non-hydrogen) atoms. The zero-order valence-electron chi connectivity index (χ0n) is 6.14. The van der Waals surface area contributed by atoms with Gasteiger partial charge in [-0.05, 0) is 37.8 Å². The van der Waals surface area contributed by atoms with E-state index in [0.717, 1.165) is 11.8 Å². The van der Waals surface area contributed by atoms with Gasteiger partial charge in [0.15, 0.2) is 0 Å². The predicted octanol–water partition coefficient (Wildman–Crippen LogP) is 1.35. The van der Waals surface area contributed by atoms with Crippen molar-refractivity contribution in [2.24, 2.45) is 11.8 Å². The minimum Gasteiger partial charge on any atom is -0.303 e. The van der Waals surface area contributed by atoms with Crippen LogP contribution in [0.2, 0.25) is 0 Å². The van der Waals surface area contributed by atoms with Gasteiger partial charge in [-0.25, -0.2) is 0 Å². The molecule has 3 aliphatic heterocycles. The highest BCUT2D eigenvalue weighted by Gasteiger charge is 2.30. The summed E-state index contributed by atoms with van der Waals surface area (Å²) in [5.74, 6) is 2.07. The minimum absolute atomic E-state index is 0.993. The fourth-order valence-corrected chi connectivity index (χ4v) is 2.26. The monoisotopic (exact) mass is 125 g/mol. The Balaban J connectivity index is 2.06. The first-order valence-corrected chi connectivity index (χ1v) is 4.08. The van der Waals surface area contributed by atoms with E-state index < -0.39 is 0 Å². The zero-order chi connectivity index (χ0) is 6.27. The first-order valence-electron chi connectivity index (χ1n) is 4.08. The third kappa shape index (κ3) is 0.877. The van der Waals surface area contributed by atoms with Crippen molar-refractivity contribution in [3.8, 4) is 0 Å². The molecule has 2 bridgehead atoms. The first kappa shape index (κ1) is 5.72. The summed E-state index contributed by atoms with van der Waals surface area (Å²) < 4.78 is 0.